The van der Waals surface area contributed by atoms with E-state index in [1.165, 1.54) is 0 Å². The number of hydrogen-bond donors (Lipinski definition) is 1. The number of carbonyl (C=O) groups excluding carboxylic acids is 6. The molecule has 2 aliphatic rings. The second-order valence-electron chi connectivity index (χ2n) is 13.6. The van der Waals surface area contributed by atoms with E-state index in [1.54, 1.807) is 12.0 Å². The quantitative estimate of drug-likeness (QED) is 0.0710. The second-order valence-corrected chi connectivity index (χ2v) is 13.6. The molecule has 0 radical (unpaired) electrons. The fourth-order valence-electron chi connectivity index (χ4n) is 5.87. The maximum atomic E-state index is 13.6. The number of ether oxygens (including phenoxy) is 7. The zero-order valence-corrected chi connectivity index (χ0v) is 34.6. The van der Waals surface area contributed by atoms with Gasteiger partial charge in [-0.15, -0.1) is 5.06 Å². The molecule has 4 rings (SSSR count). The molecular weight excluding hydrogens is 796 g/mol. The van der Waals surface area contributed by atoms with Crippen molar-refractivity contribution in [2.24, 2.45) is 10.9 Å². The van der Waals surface area contributed by atoms with Crippen molar-refractivity contribution < 1.29 is 66.8 Å². The highest BCUT2D eigenvalue weighted by molar-refractivity contribution is 6.03. The Balaban J connectivity index is 1.15. The van der Waals surface area contributed by atoms with Crippen LogP contribution in [0, 0.1) is 5.92 Å². The zero-order chi connectivity index (χ0) is 43.5. The van der Waals surface area contributed by atoms with Gasteiger partial charge in [0.25, 0.3) is 11.8 Å². The fourth-order valence-corrected chi connectivity index (χ4v) is 5.87. The lowest BCUT2D eigenvalue weighted by molar-refractivity contribution is -0.197. The van der Waals surface area contributed by atoms with Crippen LogP contribution in [0.2, 0.25) is 0 Å². The molecule has 0 bridgehead atoms. The van der Waals surface area contributed by atoms with Gasteiger partial charge in [0.1, 0.15) is 0 Å². The number of hydrogen-bond acceptors (Lipinski definition) is 14. The Morgan fingerprint density at radius 1 is 0.689 bits per heavy atom. The Morgan fingerprint density at radius 3 is 1.82 bits per heavy atom. The van der Waals surface area contributed by atoms with Gasteiger partial charge in [-0.1, -0.05) is 54.6 Å². The Labute approximate surface area is 355 Å². The number of nitrogens with zero attached hydrogens (tertiary/aromatic N) is 3. The van der Waals surface area contributed by atoms with Crippen LogP contribution < -0.4 is 10.2 Å². The van der Waals surface area contributed by atoms with E-state index in [-0.39, 0.29) is 58.0 Å². The molecule has 0 aromatic heterocycles. The van der Waals surface area contributed by atoms with E-state index in [2.05, 4.69) is 10.3 Å². The summed E-state index contributed by atoms with van der Waals surface area (Å²) in [5.74, 6) is -5.37. The minimum atomic E-state index is -1.30. The highest BCUT2D eigenvalue weighted by Gasteiger charge is 2.34. The summed E-state index contributed by atoms with van der Waals surface area (Å²) in [5, 5.41) is 3.00. The second kappa shape index (κ2) is 28.3. The van der Waals surface area contributed by atoms with Crippen molar-refractivity contribution >= 4 is 59.6 Å². The molecule has 5 amide bonds. The van der Waals surface area contributed by atoms with Crippen LogP contribution >= 0.6 is 0 Å². The van der Waals surface area contributed by atoms with Gasteiger partial charge in [0.05, 0.1) is 110 Å². The van der Waals surface area contributed by atoms with Crippen LogP contribution in [0.15, 0.2) is 53.5 Å². The number of amides is 5. The molecule has 61 heavy (non-hydrogen) atoms. The molecule has 0 saturated carbocycles. The number of methoxy groups -OCH3 is 1. The predicted octanol–water partition coefficient (Wildman–Crippen LogP) is 2.56. The lowest BCUT2D eigenvalue weighted by Crippen LogP contribution is -2.37. The van der Waals surface area contributed by atoms with Crippen molar-refractivity contribution in [3.05, 3.63) is 65.2 Å². The predicted molar refractivity (Wildman–Crippen MR) is 221 cm³/mol. The van der Waals surface area contributed by atoms with E-state index in [0.29, 0.717) is 83.4 Å². The number of anilines is 1. The van der Waals surface area contributed by atoms with Crippen LogP contribution in [0.3, 0.4) is 0 Å². The molecule has 18 heteroatoms. The normalized spacial score (nSPS) is 14.6. The molecule has 2 aliphatic heterocycles. The molecule has 18 nitrogen and oxygen atoms in total. The molecule has 0 spiro atoms. The number of carbonyl (C=O) groups is 6. The van der Waals surface area contributed by atoms with E-state index < -0.39 is 41.9 Å². The van der Waals surface area contributed by atoms with Crippen molar-refractivity contribution in [2.45, 2.75) is 38.6 Å². The number of fused-ring (bicyclic) bond motifs is 2. The summed E-state index contributed by atoms with van der Waals surface area (Å²) in [6, 6.07) is 15.2. The molecule has 1 fully saturated rings. The molecule has 332 valence electrons. The third-order valence-electron chi connectivity index (χ3n) is 9.07. The number of rotatable bonds is 29. The Bertz CT molecular complexity index is 1770. The molecule has 2 aromatic rings. The summed E-state index contributed by atoms with van der Waals surface area (Å²) in [6.45, 7) is 5.54. The largest absolute Gasteiger partial charge is 0.382 e. The molecule has 0 aliphatic carbocycles. The average Bonchev–Trinajstić information content (AvgIpc) is 3.57. The first kappa shape index (κ1) is 48.5. The van der Waals surface area contributed by atoms with E-state index >= 15 is 0 Å². The van der Waals surface area contributed by atoms with Gasteiger partial charge in [0.2, 0.25) is 17.7 Å². The minimum absolute atomic E-state index is 0.0513. The lowest BCUT2D eigenvalue weighted by Gasteiger charge is -2.27. The third kappa shape index (κ3) is 18.1. The topological polar surface area (TPSA) is 207 Å². The molecule has 1 N–H and O–H groups in total. The lowest BCUT2D eigenvalue weighted by atomic mass is 10.0. The van der Waals surface area contributed by atoms with E-state index in [4.69, 9.17) is 38.0 Å². The number of imide groups is 1. The van der Waals surface area contributed by atoms with Crippen molar-refractivity contribution in [2.75, 3.05) is 104 Å². The van der Waals surface area contributed by atoms with Gasteiger partial charge in [0.15, 0.2) is 0 Å². The van der Waals surface area contributed by atoms with Gasteiger partial charge in [-0.3, -0.25) is 24.0 Å². The van der Waals surface area contributed by atoms with Crippen LogP contribution in [0.4, 0.5) is 5.69 Å². The smallest absolute Gasteiger partial charge is 0.334 e. The molecule has 1 atom stereocenters. The Kier molecular flexibility index (Phi) is 22.5. The van der Waals surface area contributed by atoms with Gasteiger partial charge >= 0.3 is 5.97 Å². The molecular formula is C43H56N4O14. The van der Waals surface area contributed by atoms with E-state index in [1.807, 2.05) is 60.7 Å². The summed E-state index contributed by atoms with van der Waals surface area (Å²) < 4.78 is 37.5. The van der Waals surface area contributed by atoms with E-state index in [9.17, 15) is 28.8 Å². The van der Waals surface area contributed by atoms with Crippen LogP contribution in [0.1, 0.15) is 48.8 Å². The van der Waals surface area contributed by atoms with Gasteiger partial charge in [-0.2, -0.15) is 0 Å². The maximum absolute atomic E-state index is 13.6. The summed E-state index contributed by atoms with van der Waals surface area (Å²) >= 11 is 0. The van der Waals surface area contributed by atoms with Gasteiger partial charge in [0, 0.05) is 45.6 Å². The van der Waals surface area contributed by atoms with Gasteiger partial charge < -0.3 is 48.2 Å². The molecule has 1 saturated heterocycles. The van der Waals surface area contributed by atoms with Crippen molar-refractivity contribution in [1.29, 1.82) is 0 Å². The first-order valence-corrected chi connectivity index (χ1v) is 20.3. The number of para-hydroxylation sites is 1. The molecule has 1 unspecified atom stereocenters. The van der Waals surface area contributed by atoms with Crippen LogP contribution in [0.5, 0.6) is 0 Å². The number of hydroxylamine groups is 2. The summed E-state index contributed by atoms with van der Waals surface area (Å²) in [5.41, 5.74) is 3.47. The number of nitrogens with one attached hydrogen (secondary N) is 1. The van der Waals surface area contributed by atoms with Crippen LogP contribution in [-0.2, 0) is 73.3 Å². The maximum Gasteiger partial charge on any atom is 0.334 e. The van der Waals surface area contributed by atoms with Crippen LogP contribution in [0.25, 0.3) is 12.2 Å². The fraction of sp³-hybridized carbons (Fsp3) is 0.512. The summed E-state index contributed by atoms with van der Waals surface area (Å²) in [4.78, 5) is 86.8. The first-order valence-electron chi connectivity index (χ1n) is 20.3. The zero-order valence-electron chi connectivity index (χ0n) is 34.6. The average molecular weight is 853 g/mol. The number of benzene rings is 2. The third-order valence-corrected chi connectivity index (χ3v) is 9.07. The van der Waals surface area contributed by atoms with E-state index in [0.717, 1.165) is 22.9 Å². The van der Waals surface area contributed by atoms with Crippen LogP contribution in [-0.4, -0.2) is 146 Å². The highest BCUT2D eigenvalue weighted by Crippen LogP contribution is 2.29. The summed E-state index contributed by atoms with van der Waals surface area (Å²) in [6.07, 6.45) is 3.69. The molecule has 2 heterocycles. The van der Waals surface area contributed by atoms with Crippen molar-refractivity contribution in [1.82, 2.24) is 10.4 Å². The SMILES string of the molecule is COCCOCCOCCOCCOCCOCCOCCNC(=O)C(C=NC(=O)CCC(=O)N1Cc2ccccc2/C=C\c2ccccc21)CC(=O)ON1C(=O)CCC1=O. The summed E-state index contributed by atoms with van der Waals surface area (Å²) in [7, 11) is 1.62. The number of aliphatic imine (C=N–C) groups is 1. The minimum Gasteiger partial charge on any atom is -0.382 e. The highest BCUT2D eigenvalue weighted by atomic mass is 16.7. The first-order chi connectivity index (χ1) is 29.8. The monoisotopic (exact) mass is 852 g/mol. The van der Waals surface area contributed by atoms with Crippen molar-refractivity contribution in [3.63, 3.8) is 0 Å². The van der Waals surface area contributed by atoms with Crippen molar-refractivity contribution in [3.8, 4) is 0 Å². The standard InChI is InChI=1S/C43H56N4O14/c1-54-18-19-56-22-23-58-26-27-60-29-28-59-25-24-57-21-20-55-17-16-44-43(53)36(30-42(52)61-47-40(50)14-15-41(47)51)31-45-38(48)12-13-39(49)46-32-35-8-3-2-6-33(35)10-11-34-7-4-5-9-37(34)46/h2-11,31,36H,12-30,32H2,1H3,(H,44,53)/b11-10-,45-31?. The van der Waals surface area contributed by atoms with Gasteiger partial charge in [-0.05, 0) is 22.8 Å². The van der Waals surface area contributed by atoms with Gasteiger partial charge in [-0.25, -0.2) is 9.79 Å². The Hall–Kier alpha value is -5.21. The molecule has 2 aromatic carbocycles. The Morgan fingerprint density at radius 2 is 1.21 bits per heavy atom.